The van der Waals surface area contributed by atoms with Gasteiger partial charge in [-0.2, -0.15) is 13.2 Å². The van der Waals surface area contributed by atoms with E-state index in [2.05, 4.69) is 5.32 Å². The summed E-state index contributed by atoms with van der Waals surface area (Å²) >= 11 is 0. The minimum absolute atomic E-state index is 0.299. The van der Waals surface area contributed by atoms with E-state index in [-0.39, 0.29) is 0 Å². The number of halogens is 3. The van der Waals surface area contributed by atoms with Crippen molar-refractivity contribution in [1.29, 1.82) is 0 Å². The van der Waals surface area contributed by atoms with Crippen molar-refractivity contribution in [2.45, 2.75) is 37.1 Å². The summed E-state index contributed by atoms with van der Waals surface area (Å²) in [5, 5.41) is 19.7. The second-order valence-electron chi connectivity index (χ2n) is 3.68. The fraction of sp³-hybridized carbons (Fsp3) is 0.875. The van der Waals surface area contributed by atoms with Crippen LogP contribution in [0.2, 0.25) is 0 Å². The summed E-state index contributed by atoms with van der Waals surface area (Å²) in [6.45, 7) is -0.782. The van der Waals surface area contributed by atoms with Gasteiger partial charge in [-0.25, -0.2) is 0 Å². The van der Waals surface area contributed by atoms with E-state index >= 15 is 0 Å². The maximum atomic E-state index is 11.9. The van der Waals surface area contributed by atoms with Crippen LogP contribution in [0.5, 0.6) is 0 Å². The summed E-state index contributed by atoms with van der Waals surface area (Å²) < 4.78 is 35.7. The zero-order valence-corrected chi connectivity index (χ0v) is 7.84. The van der Waals surface area contributed by atoms with Crippen molar-refractivity contribution in [3.05, 3.63) is 0 Å². The molecule has 88 valence electrons. The molecule has 1 rings (SSSR count). The van der Waals surface area contributed by atoms with E-state index in [1.165, 1.54) is 0 Å². The first-order valence-corrected chi connectivity index (χ1v) is 4.51. The second-order valence-corrected chi connectivity index (χ2v) is 3.68. The van der Waals surface area contributed by atoms with Gasteiger partial charge in [-0.05, 0) is 19.3 Å². The van der Waals surface area contributed by atoms with Gasteiger partial charge in [0.2, 0.25) is 0 Å². The van der Waals surface area contributed by atoms with E-state index in [4.69, 9.17) is 10.2 Å². The Bertz CT molecular complexity index is 250. The van der Waals surface area contributed by atoms with Gasteiger partial charge in [0.15, 0.2) is 6.10 Å². The Morgan fingerprint density at radius 3 is 2.27 bits per heavy atom. The first kappa shape index (κ1) is 12.3. The Balaban J connectivity index is 2.45. The standard InChI is InChI=1S/C8H12F3NO3/c9-8(10,11)5(13)4-12-7(6(14)15)2-1-3-7/h5,12-13H,1-4H2,(H,14,15). The summed E-state index contributed by atoms with van der Waals surface area (Å²) in [7, 11) is 0. The van der Waals surface area contributed by atoms with Crippen molar-refractivity contribution in [3.63, 3.8) is 0 Å². The summed E-state index contributed by atoms with van der Waals surface area (Å²) in [5.41, 5.74) is -1.27. The molecule has 15 heavy (non-hydrogen) atoms. The van der Waals surface area contributed by atoms with Crippen molar-refractivity contribution in [1.82, 2.24) is 5.32 Å². The molecule has 1 atom stereocenters. The maximum Gasteiger partial charge on any atom is 0.415 e. The first-order valence-electron chi connectivity index (χ1n) is 4.51. The van der Waals surface area contributed by atoms with Crippen LogP contribution < -0.4 is 5.32 Å². The lowest BCUT2D eigenvalue weighted by Gasteiger charge is -2.39. The zero-order valence-electron chi connectivity index (χ0n) is 7.84. The molecule has 0 amide bonds. The van der Waals surface area contributed by atoms with E-state index in [9.17, 15) is 18.0 Å². The SMILES string of the molecule is O=C(O)C1(NCC(O)C(F)(F)F)CCC1. The van der Waals surface area contributed by atoms with Crippen LogP contribution in [0.3, 0.4) is 0 Å². The van der Waals surface area contributed by atoms with E-state index in [0.717, 1.165) is 0 Å². The molecule has 0 aromatic heterocycles. The van der Waals surface area contributed by atoms with Gasteiger partial charge in [0.05, 0.1) is 0 Å². The van der Waals surface area contributed by atoms with Crippen molar-refractivity contribution >= 4 is 5.97 Å². The Morgan fingerprint density at radius 1 is 1.47 bits per heavy atom. The molecule has 1 aliphatic rings. The third-order valence-electron chi connectivity index (χ3n) is 2.63. The Hall–Kier alpha value is -0.820. The number of rotatable bonds is 4. The van der Waals surface area contributed by atoms with E-state index in [1.54, 1.807) is 0 Å². The van der Waals surface area contributed by atoms with Crippen LogP contribution in [0.4, 0.5) is 13.2 Å². The fourth-order valence-electron chi connectivity index (χ4n) is 1.40. The Kier molecular flexibility index (Phi) is 3.25. The molecule has 0 aromatic carbocycles. The number of hydrogen-bond donors (Lipinski definition) is 3. The molecular weight excluding hydrogens is 215 g/mol. The monoisotopic (exact) mass is 227 g/mol. The molecule has 1 fully saturated rings. The topological polar surface area (TPSA) is 69.6 Å². The van der Waals surface area contributed by atoms with Gasteiger partial charge >= 0.3 is 12.1 Å². The average molecular weight is 227 g/mol. The fourth-order valence-corrected chi connectivity index (χ4v) is 1.40. The highest BCUT2D eigenvalue weighted by molar-refractivity contribution is 5.79. The lowest BCUT2D eigenvalue weighted by atomic mass is 9.76. The molecule has 0 aromatic rings. The number of carboxylic acids is 1. The van der Waals surface area contributed by atoms with Gasteiger partial charge < -0.3 is 10.2 Å². The quantitative estimate of drug-likeness (QED) is 0.654. The van der Waals surface area contributed by atoms with E-state index in [0.29, 0.717) is 19.3 Å². The molecular formula is C8H12F3NO3. The molecule has 0 saturated heterocycles. The molecule has 0 radical (unpaired) electrons. The van der Waals surface area contributed by atoms with E-state index < -0.39 is 30.3 Å². The number of β-amino-alcohol motifs (C(OH)–C–C–N with tert-alkyl or cyclic N) is 1. The molecule has 1 aliphatic carbocycles. The third-order valence-corrected chi connectivity index (χ3v) is 2.63. The number of carbonyl (C=O) groups is 1. The zero-order chi connectivity index (χ0) is 11.7. The summed E-state index contributed by atoms with van der Waals surface area (Å²) in [6.07, 6.45) is -5.97. The molecule has 1 saturated carbocycles. The molecule has 0 heterocycles. The van der Waals surface area contributed by atoms with Crippen LogP contribution >= 0.6 is 0 Å². The number of alkyl halides is 3. The smallest absolute Gasteiger partial charge is 0.415 e. The van der Waals surface area contributed by atoms with Crippen molar-refractivity contribution in [3.8, 4) is 0 Å². The summed E-state index contributed by atoms with van der Waals surface area (Å²) in [6, 6.07) is 0. The van der Waals surface area contributed by atoms with Gasteiger partial charge in [0, 0.05) is 6.54 Å². The minimum Gasteiger partial charge on any atom is -0.480 e. The predicted molar refractivity (Wildman–Crippen MR) is 44.3 cm³/mol. The van der Waals surface area contributed by atoms with Gasteiger partial charge in [-0.3, -0.25) is 10.1 Å². The normalized spacial score (nSPS) is 21.9. The third kappa shape index (κ3) is 2.60. The van der Waals surface area contributed by atoms with Gasteiger partial charge in [0.1, 0.15) is 5.54 Å². The number of nitrogens with one attached hydrogen (secondary N) is 1. The molecule has 1 unspecified atom stereocenters. The molecule has 0 aliphatic heterocycles. The summed E-state index contributed by atoms with van der Waals surface area (Å²) in [4.78, 5) is 10.7. The van der Waals surface area contributed by atoms with Gasteiger partial charge in [0.25, 0.3) is 0 Å². The van der Waals surface area contributed by atoms with Crippen molar-refractivity contribution in [2.24, 2.45) is 0 Å². The Morgan fingerprint density at radius 2 is 2.00 bits per heavy atom. The van der Waals surface area contributed by atoms with Crippen molar-refractivity contribution < 1.29 is 28.2 Å². The number of carboxylic acid groups (broad SMARTS) is 1. The number of hydrogen-bond acceptors (Lipinski definition) is 3. The van der Waals surface area contributed by atoms with Crippen LogP contribution in [0, 0.1) is 0 Å². The van der Waals surface area contributed by atoms with Crippen molar-refractivity contribution in [2.75, 3.05) is 6.54 Å². The second kappa shape index (κ2) is 3.97. The highest BCUT2D eigenvalue weighted by Gasteiger charge is 2.46. The van der Waals surface area contributed by atoms with Gasteiger partial charge in [-0.15, -0.1) is 0 Å². The van der Waals surface area contributed by atoms with Crippen LogP contribution in [0.1, 0.15) is 19.3 Å². The van der Waals surface area contributed by atoms with E-state index in [1.807, 2.05) is 0 Å². The Labute approximate surface area is 84.1 Å². The van der Waals surface area contributed by atoms with Crippen LogP contribution in [-0.4, -0.2) is 40.5 Å². The van der Waals surface area contributed by atoms with Crippen LogP contribution in [-0.2, 0) is 4.79 Å². The minimum atomic E-state index is -4.71. The summed E-state index contributed by atoms with van der Waals surface area (Å²) in [5.74, 6) is -1.16. The van der Waals surface area contributed by atoms with Crippen LogP contribution in [0.15, 0.2) is 0 Å². The number of aliphatic hydroxyl groups excluding tert-OH is 1. The van der Waals surface area contributed by atoms with Crippen LogP contribution in [0.25, 0.3) is 0 Å². The lowest BCUT2D eigenvalue weighted by molar-refractivity contribution is -0.204. The molecule has 3 N–H and O–H groups in total. The first-order chi connectivity index (χ1) is 6.78. The molecule has 4 nitrogen and oxygen atoms in total. The molecule has 0 bridgehead atoms. The highest BCUT2D eigenvalue weighted by atomic mass is 19.4. The number of aliphatic carboxylic acids is 1. The largest absolute Gasteiger partial charge is 0.480 e. The highest BCUT2D eigenvalue weighted by Crippen LogP contribution is 2.32. The molecule has 0 spiro atoms. The lowest BCUT2D eigenvalue weighted by Crippen LogP contribution is -2.59. The average Bonchev–Trinajstić information content (AvgIpc) is 1.99. The van der Waals surface area contributed by atoms with Gasteiger partial charge in [-0.1, -0.05) is 0 Å². The molecule has 7 heteroatoms. The maximum absolute atomic E-state index is 11.9. The number of aliphatic hydroxyl groups is 1. The predicted octanol–water partition coefficient (Wildman–Crippen LogP) is 0.507.